The van der Waals surface area contributed by atoms with Crippen LogP contribution in [0.3, 0.4) is 0 Å². The summed E-state index contributed by atoms with van der Waals surface area (Å²) in [5.41, 5.74) is 5.56. The van der Waals surface area contributed by atoms with Crippen molar-refractivity contribution in [3.8, 4) is 34.3 Å². The van der Waals surface area contributed by atoms with E-state index in [0.29, 0.717) is 29.8 Å². The Labute approximate surface area is 229 Å². The number of piperidine rings is 1. The standard InChI is InChI=1S/C29H26FN9O/c1-37-14-20(12-35-37)25-7-23-27(19(8-31)11-33-28(23)36-25)18-3-4-26(32-10-18)38-15-21-6-22(16-38)39(21)13-17-5-24(30)29(40-2)34-9-17/h3-5,7,9-12,14,21-22H,6,13,15-16H2,1-2H3,(H,33,36). The number of methoxy groups -OCH3 is 1. The Morgan fingerprint density at radius 2 is 1.93 bits per heavy atom. The van der Waals surface area contributed by atoms with E-state index in [2.05, 4.69) is 35.9 Å². The SMILES string of the molecule is COc1ncc(CN2C3CC2CN(c2ccc(-c4c(C#N)cnc5[nH]c(-c6cnn(C)c6)cc45)cn2)C3)cc1F. The molecule has 40 heavy (non-hydrogen) atoms. The molecule has 5 aromatic heterocycles. The lowest BCUT2D eigenvalue weighted by Crippen LogP contribution is -2.68. The lowest BCUT2D eigenvalue weighted by molar-refractivity contribution is -0.00884. The van der Waals surface area contributed by atoms with E-state index < -0.39 is 5.82 Å². The average Bonchev–Trinajstić information content (AvgIpc) is 3.61. The van der Waals surface area contributed by atoms with Crippen LogP contribution in [0, 0.1) is 17.1 Å². The molecule has 2 atom stereocenters. The van der Waals surface area contributed by atoms with Gasteiger partial charge in [-0.15, -0.1) is 0 Å². The minimum atomic E-state index is -0.435. The molecule has 0 aliphatic carbocycles. The molecule has 0 amide bonds. The first kappa shape index (κ1) is 24.2. The van der Waals surface area contributed by atoms with Gasteiger partial charge in [0.25, 0.3) is 0 Å². The normalized spacial score (nSPS) is 18.5. The van der Waals surface area contributed by atoms with E-state index in [4.69, 9.17) is 9.72 Å². The Hall–Kier alpha value is -4.82. The summed E-state index contributed by atoms with van der Waals surface area (Å²) in [6, 6.07) is 10.6. The van der Waals surface area contributed by atoms with Gasteiger partial charge in [0, 0.05) is 85.6 Å². The molecule has 1 N–H and O–H groups in total. The van der Waals surface area contributed by atoms with Gasteiger partial charge in [0.15, 0.2) is 5.82 Å². The molecule has 2 bridgehead atoms. The van der Waals surface area contributed by atoms with Gasteiger partial charge in [0.2, 0.25) is 5.88 Å². The summed E-state index contributed by atoms with van der Waals surface area (Å²) in [6.45, 7) is 2.37. The van der Waals surface area contributed by atoms with E-state index in [0.717, 1.165) is 58.7 Å². The van der Waals surface area contributed by atoms with Gasteiger partial charge in [-0.1, -0.05) is 0 Å². The number of hydrogen-bond donors (Lipinski definition) is 1. The van der Waals surface area contributed by atoms with Crippen molar-refractivity contribution in [3.63, 3.8) is 0 Å². The number of halogens is 1. The molecule has 8 heterocycles. The van der Waals surface area contributed by atoms with Gasteiger partial charge >= 0.3 is 0 Å². The topological polar surface area (TPSA) is 112 Å². The molecular formula is C29H26FN9O. The molecule has 3 aliphatic rings. The van der Waals surface area contributed by atoms with E-state index >= 15 is 0 Å². The zero-order chi connectivity index (χ0) is 27.4. The maximum Gasteiger partial charge on any atom is 0.250 e. The number of piperazine rings is 1. The number of aromatic nitrogens is 6. The first-order valence-electron chi connectivity index (χ1n) is 13.1. The molecule has 10 nitrogen and oxygen atoms in total. The van der Waals surface area contributed by atoms with Crippen LogP contribution in [-0.2, 0) is 13.6 Å². The fourth-order valence-corrected chi connectivity index (χ4v) is 5.95. The zero-order valence-corrected chi connectivity index (χ0v) is 22.0. The Kier molecular flexibility index (Phi) is 5.71. The van der Waals surface area contributed by atoms with Crippen molar-refractivity contribution in [1.29, 1.82) is 5.26 Å². The van der Waals surface area contributed by atoms with Gasteiger partial charge in [-0.25, -0.2) is 19.3 Å². The van der Waals surface area contributed by atoms with Crippen LogP contribution in [-0.4, -0.2) is 66.9 Å². The van der Waals surface area contributed by atoms with E-state index in [1.165, 1.54) is 13.2 Å². The van der Waals surface area contributed by atoms with Crippen molar-refractivity contribution in [2.45, 2.75) is 25.0 Å². The van der Waals surface area contributed by atoms with Gasteiger partial charge in [-0.2, -0.15) is 10.4 Å². The highest BCUT2D eigenvalue weighted by Gasteiger charge is 2.44. The van der Waals surface area contributed by atoms with Crippen LogP contribution in [0.1, 0.15) is 17.5 Å². The van der Waals surface area contributed by atoms with E-state index in [9.17, 15) is 9.65 Å². The second-order valence-electron chi connectivity index (χ2n) is 10.4. The van der Waals surface area contributed by atoms with Crippen LogP contribution >= 0.6 is 0 Å². The average molecular weight is 536 g/mol. The molecule has 0 radical (unpaired) electrons. The summed E-state index contributed by atoms with van der Waals surface area (Å²) >= 11 is 0. The lowest BCUT2D eigenvalue weighted by atomic mass is 9.87. The number of H-pyrrole nitrogens is 1. The summed E-state index contributed by atoms with van der Waals surface area (Å²) in [5, 5.41) is 15.0. The van der Waals surface area contributed by atoms with Gasteiger partial charge in [0.1, 0.15) is 17.5 Å². The summed E-state index contributed by atoms with van der Waals surface area (Å²) in [4.78, 5) is 21.4. The first-order valence-corrected chi connectivity index (χ1v) is 13.1. The van der Waals surface area contributed by atoms with E-state index in [1.807, 2.05) is 37.6 Å². The quantitative estimate of drug-likeness (QED) is 0.349. The number of fused-ring (bicyclic) bond motifs is 3. The van der Waals surface area contributed by atoms with Gasteiger partial charge < -0.3 is 14.6 Å². The number of nitriles is 1. The summed E-state index contributed by atoms with van der Waals surface area (Å²) in [7, 11) is 3.29. The predicted molar refractivity (Wildman–Crippen MR) is 147 cm³/mol. The zero-order valence-electron chi connectivity index (χ0n) is 22.0. The molecular weight excluding hydrogens is 509 g/mol. The fourth-order valence-electron chi connectivity index (χ4n) is 5.95. The molecule has 8 rings (SSSR count). The molecule has 0 saturated carbocycles. The number of anilines is 1. The largest absolute Gasteiger partial charge is 0.479 e. The Morgan fingerprint density at radius 3 is 2.60 bits per heavy atom. The molecule has 11 heteroatoms. The van der Waals surface area contributed by atoms with Gasteiger partial charge in [-0.05, 0) is 36.2 Å². The second kappa shape index (κ2) is 9.43. The summed E-state index contributed by atoms with van der Waals surface area (Å²) < 4.78 is 20.8. The number of nitrogens with zero attached hydrogens (tertiary/aromatic N) is 8. The molecule has 3 aliphatic heterocycles. The Balaban J connectivity index is 1.11. The number of aryl methyl sites for hydroxylation is 1. The monoisotopic (exact) mass is 535 g/mol. The van der Waals surface area contributed by atoms with Crippen LogP contribution in [0.2, 0.25) is 0 Å². The van der Waals surface area contributed by atoms with Crippen LogP contribution in [0.15, 0.2) is 55.2 Å². The van der Waals surface area contributed by atoms with Crippen LogP contribution < -0.4 is 9.64 Å². The summed E-state index contributed by atoms with van der Waals surface area (Å²) in [6.07, 6.45) is 9.97. The maximum absolute atomic E-state index is 14.1. The number of pyridine rings is 3. The first-order chi connectivity index (χ1) is 19.5. The van der Waals surface area contributed by atoms with Crippen molar-refractivity contribution in [2.24, 2.45) is 7.05 Å². The number of ether oxygens (including phenoxy) is 1. The highest BCUT2D eigenvalue weighted by atomic mass is 19.1. The molecule has 5 aromatic rings. The molecule has 3 saturated heterocycles. The molecule has 0 aromatic carbocycles. The van der Waals surface area contributed by atoms with Crippen LogP contribution in [0.4, 0.5) is 10.2 Å². The number of aromatic amines is 1. The Bertz CT molecular complexity index is 1760. The molecule has 200 valence electrons. The molecule has 2 unspecified atom stereocenters. The third-order valence-electron chi connectivity index (χ3n) is 7.92. The molecule has 0 spiro atoms. The maximum atomic E-state index is 14.1. The molecule has 3 fully saturated rings. The van der Waals surface area contributed by atoms with Gasteiger partial charge in [-0.3, -0.25) is 9.58 Å². The van der Waals surface area contributed by atoms with Crippen LogP contribution in [0.25, 0.3) is 33.4 Å². The van der Waals surface area contributed by atoms with Crippen LogP contribution in [0.5, 0.6) is 5.88 Å². The fraction of sp³-hybridized carbons (Fsp3) is 0.276. The highest BCUT2D eigenvalue weighted by molar-refractivity contribution is 5.98. The summed E-state index contributed by atoms with van der Waals surface area (Å²) in [5.74, 6) is 0.493. The third-order valence-corrected chi connectivity index (χ3v) is 7.92. The van der Waals surface area contributed by atoms with E-state index in [1.54, 1.807) is 23.3 Å². The van der Waals surface area contributed by atoms with Crippen molar-refractivity contribution < 1.29 is 9.13 Å². The van der Waals surface area contributed by atoms with Crippen molar-refractivity contribution in [1.82, 2.24) is 34.6 Å². The Morgan fingerprint density at radius 1 is 1.07 bits per heavy atom. The number of nitrogens with one attached hydrogen (secondary N) is 1. The van der Waals surface area contributed by atoms with Crippen molar-refractivity contribution in [2.75, 3.05) is 25.1 Å². The number of hydrogen-bond acceptors (Lipinski definition) is 8. The predicted octanol–water partition coefficient (Wildman–Crippen LogP) is 3.90. The third kappa shape index (κ3) is 4.04. The van der Waals surface area contributed by atoms with Gasteiger partial charge in [0.05, 0.1) is 24.6 Å². The second-order valence-corrected chi connectivity index (χ2v) is 10.4. The van der Waals surface area contributed by atoms with Crippen molar-refractivity contribution in [3.05, 3.63) is 72.2 Å². The smallest absolute Gasteiger partial charge is 0.250 e. The lowest BCUT2D eigenvalue weighted by Gasteiger charge is -2.56. The van der Waals surface area contributed by atoms with E-state index in [-0.39, 0.29) is 5.88 Å². The minimum Gasteiger partial charge on any atom is -0.479 e. The highest BCUT2D eigenvalue weighted by Crippen LogP contribution is 2.37. The number of rotatable bonds is 6. The van der Waals surface area contributed by atoms with Crippen molar-refractivity contribution >= 4 is 16.9 Å². The minimum absolute atomic E-state index is 0.0214.